The van der Waals surface area contributed by atoms with Crippen molar-refractivity contribution in [2.75, 3.05) is 27.2 Å². The molecule has 0 saturated carbocycles. The van der Waals surface area contributed by atoms with Gasteiger partial charge in [0.25, 0.3) is 5.78 Å². The molecule has 9 heteroatoms. The zero-order chi connectivity index (χ0) is 32.1. The zero-order valence-corrected chi connectivity index (χ0v) is 28.5. The molecule has 4 N–H and O–H groups in total. The Hall–Kier alpha value is -0.730. The van der Waals surface area contributed by atoms with Crippen LogP contribution in [0.2, 0.25) is 0 Å². The number of unbranched alkanes of at least 4 members (excludes halogenated alkanes) is 15. The van der Waals surface area contributed by atoms with Gasteiger partial charge in [-0.3, -0.25) is 9.28 Å². The highest BCUT2D eigenvalue weighted by Crippen LogP contribution is 2.28. The number of Topliss-reactive ketones (excluding diaryl/α,β-unsaturated/α-hetero) is 1. The van der Waals surface area contributed by atoms with Gasteiger partial charge < -0.3 is 25.3 Å². The number of rotatable bonds is 28. The van der Waals surface area contributed by atoms with Gasteiger partial charge in [-0.25, -0.2) is 0 Å². The van der Waals surface area contributed by atoms with Crippen LogP contribution in [0.25, 0.3) is 0 Å². The fourth-order valence-corrected chi connectivity index (χ4v) is 5.95. The minimum Gasteiger partial charge on any atom is -0.591 e. The Kier molecular flexibility index (Phi) is 31.3. The van der Waals surface area contributed by atoms with Crippen LogP contribution in [0, 0.1) is 0 Å². The minimum absolute atomic E-state index is 0.116. The van der Waals surface area contributed by atoms with Gasteiger partial charge in [-0.15, -0.1) is 0 Å². The van der Waals surface area contributed by atoms with E-state index < -0.39 is 26.2 Å². The molecule has 0 aromatic carbocycles. The van der Waals surface area contributed by atoms with Crippen molar-refractivity contribution in [1.29, 1.82) is 0 Å². The van der Waals surface area contributed by atoms with Gasteiger partial charge in [0, 0.05) is 32.3 Å². The van der Waals surface area contributed by atoms with Gasteiger partial charge in [0.05, 0.1) is 20.6 Å². The molecule has 0 amide bonds. The molecule has 250 valence electrons. The van der Waals surface area contributed by atoms with Crippen LogP contribution in [0.4, 0.5) is 0 Å². The van der Waals surface area contributed by atoms with Gasteiger partial charge >= 0.3 is 8.03 Å². The molecule has 0 aliphatic heterocycles. The number of carbonyl (C=O) groups excluding carboxylic acids is 1. The molecule has 0 radical (unpaired) electrons. The largest absolute Gasteiger partial charge is 0.591 e. The third kappa shape index (κ3) is 28.1. The molecule has 0 rings (SSSR count). The summed E-state index contributed by atoms with van der Waals surface area (Å²) in [5.41, 5.74) is 0. The normalized spacial score (nSPS) is 13.7. The van der Waals surface area contributed by atoms with Crippen LogP contribution < -0.4 is 4.89 Å². The first-order valence-corrected chi connectivity index (χ1v) is 18.1. The van der Waals surface area contributed by atoms with Gasteiger partial charge in [0.1, 0.15) is 6.10 Å². The highest BCUT2D eigenvalue weighted by atomic mass is 31.1. The number of ketones is 1. The Morgan fingerprint density at radius 1 is 0.762 bits per heavy atom. The van der Waals surface area contributed by atoms with Gasteiger partial charge in [-0.1, -0.05) is 108 Å². The molecule has 0 heterocycles. The summed E-state index contributed by atoms with van der Waals surface area (Å²) < 4.78 is 11.2. The summed E-state index contributed by atoms with van der Waals surface area (Å²) in [7, 11) is 1.09. The predicted molar refractivity (Wildman–Crippen MR) is 172 cm³/mol. The third-order valence-electron chi connectivity index (χ3n) is 7.84. The molecule has 42 heavy (non-hydrogen) atoms. The predicted octanol–water partition coefficient (Wildman–Crippen LogP) is 6.50. The molecular formula is C33H67NO7P+. The number of carbonyl (C=O) groups is 1. The second-order valence-electron chi connectivity index (χ2n) is 12.2. The lowest BCUT2D eigenvalue weighted by Crippen LogP contribution is -2.49. The molecular weight excluding hydrogens is 553 g/mol. The Bertz CT molecular complexity index is 658. The molecule has 0 spiro atoms. The lowest BCUT2D eigenvalue weighted by molar-refractivity contribution is -0.903. The molecule has 0 saturated heterocycles. The van der Waals surface area contributed by atoms with Crippen molar-refractivity contribution in [3.05, 3.63) is 12.2 Å². The van der Waals surface area contributed by atoms with Crippen LogP contribution in [0.5, 0.6) is 0 Å². The number of hydrogen-bond donors (Lipinski definition) is 4. The van der Waals surface area contributed by atoms with E-state index in [0.29, 0.717) is 19.4 Å². The fraction of sp³-hybridized carbons (Fsp3) is 0.909. The number of allylic oxidation sites excluding steroid dienone is 2. The van der Waals surface area contributed by atoms with E-state index in [-0.39, 0.29) is 29.7 Å². The average Bonchev–Trinajstić information content (AvgIpc) is 2.93. The van der Waals surface area contributed by atoms with E-state index >= 15 is 0 Å². The van der Waals surface area contributed by atoms with Crippen molar-refractivity contribution < 1.29 is 39.2 Å². The van der Waals surface area contributed by atoms with Crippen LogP contribution >= 0.6 is 8.03 Å². The van der Waals surface area contributed by atoms with E-state index in [2.05, 4.69) is 19.1 Å². The second kappa shape index (κ2) is 30.3. The first-order chi connectivity index (χ1) is 20.0. The van der Waals surface area contributed by atoms with E-state index in [0.717, 1.165) is 12.8 Å². The molecule has 8 nitrogen and oxygen atoms in total. The molecule has 0 aliphatic carbocycles. The molecule has 0 bridgehead atoms. The summed E-state index contributed by atoms with van der Waals surface area (Å²) >= 11 is 0. The maximum absolute atomic E-state index is 11.5. The zero-order valence-electron chi connectivity index (χ0n) is 27.6. The number of aliphatic hydroxyl groups excluding tert-OH is 3. The standard InChI is InChI=1S/C25H48O3.C8H19NO4P/c1-2-3-4-5-6-7-8-9-10-11-12-13-14-15-16-17-18-19-20-21-24(27)25(28)22-23-26;1-4-7(14(12)13)9(2,3)6-5-8(10)11/h9-10,25-26,28H,2-8,11-23H2,1H3;7-8,10-11H,4-6H2,1-3H3/q;+1/b10-9-;. The number of nitrogens with zero attached hydrogens (tertiary/aromatic N) is 1. The summed E-state index contributed by atoms with van der Waals surface area (Å²) in [5, 5.41) is 35.6. The van der Waals surface area contributed by atoms with Crippen molar-refractivity contribution in [3.63, 3.8) is 0 Å². The Morgan fingerprint density at radius 2 is 1.21 bits per heavy atom. The number of quaternary nitrogens is 1. The van der Waals surface area contributed by atoms with Crippen molar-refractivity contribution in [3.8, 4) is 0 Å². The van der Waals surface area contributed by atoms with E-state index in [1.165, 1.54) is 96.3 Å². The first kappa shape index (κ1) is 43.4. The monoisotopic (exact) mass is 620 g/mol. The van der Waals surface area contributed by atoms with Crippen LogP contribution in [-0.2, 0) is 9.36 Å². The van der Waals surface area contributed by atoms with Crippen molar-refractivity contribution >= 4 is 13.8 Å². The SMILES string of the molecule is CCC([P+](=O)[O-])[N+](C)(C)CCC(O)O.CCCCCCCC/C=C\CCCCCCCCCCCC(=O)C(O)CCO. The Balaban J connectivity index is 0. The lowest BCUT2D eigenvalue weighted by Gasteiger charge is -2.32. The molecule has 0 aliphatic rings. The fourth-order valence-electron chi connectivity index (χ4n) is 5.02. The lowest BCUT2D eigenvalue weighted by atomic mass is 10.0. The van der Waals surface area contributed by atoms with Crippen LogP contribution in [0.15, 0.2) is 12.2 Å². The van der Waals surface area contributed by atoms with E-state index in [9.17, 15) is 19.4 Å². The van der Waals surface area contributed by atoms with E-state index in [1.54, 1.807) is 14.1 Å². The van der Waals surface area contributed by atoms with E-state index in [4.69, 9.17) is 15.3 Å². The summed E-state index contributed by atoms with van der Waals surface area (Å²) in [6.45, 7) is 4.39. The van der Waals surface area contributed by atoms with E-state index in [1.807, 2.05) is 6.92 Å². The molecule has 3 unspecified atom stereocenters. The second-order valence-corrected chi connectivity index (χ2v) is 13.4. The van der Waals surface area contributed by atoms with Crippen LogP contribution in [0.1, 0.15) is 149 Å². The average molecular weight is 621 g/mol. The summed E-state index contributed by atoms with van der Waals surface area (Å²) in [4.78, 5) is 22.5. The summed E-state index contributed by atoms with van der Waals surface area (Å²) in [6, 6.07) is 0. The topological polar surface area (TPSA) is 138 Å². The third-order valence-corrected chi connectivity index (χ3v) is 9.32. The van der Waals surface area contributed by atoms with Crippen LogP contribution in [0.3, 0.4) is 0 Å². The first-order valence-electron chi connectivity index (χ1n) is 16.8. The molecule has 0 aromatic rings. The Morgan fingerprint density at radius 3 is 1.62 bits per heavy atom. The quantitative estimate of drug-likeness (QED) is 0.0258. The van der Waals surface area contributed by atoms with Gasteiger partial charge in [0.15, 0.2) is 12.1 Å². The van der Waals surface area contributed by atoms with Gasteiger partial charge in [0.2, 0.25) is 0 Å². The smallest absolute Gasteiger partial charge is 0.373 e. The Labute approximate surface area is 259 Å². The van der Waals surface area contributed by atoms with Gasteiger partial charge in [-0.2, -0.15) is 0 Å². The highest BCUT2D eigenvalue weighted by molar-refractivity contribution is 7.37. The maximum atomic E-state index is 11.5. The van der Waals surface area contributed by atoms with Crippen molar-refractivity contribution in [2.24, 2.45) is 0 Å². The molecule has 0 aromatic heterocycles. The molecule has 0 fully saturated rings. The van der Waals surface area contributed by atoms with Gasteiger partial charge in [-0.05, 0) is 32.1 Å². The maximum Gasteiger partial charge on any atom is 0.373 e. The summed E-state index contributed by atoms with van der Waals surface area (Å²) in [6.07, 6.45) is 25.6. The minimum atomic E-state index is -2.47. The number of aliphatic hydroxyl groups is 4. The highest BCUT2D eigenvalue weighted by Gasteiger charge is 2.36. The van der Waals surface area contributed by atoms with Crippen molar-refractivity contribution in [1.82, 2.24) is 0 Å². The van der Waals surface area contributed by atoms with Crippen molar-refractivity contribution in [2.45, 2.75) is 167 Å². The number of hydrogen-bond acceptors (Lipinski definition) is 7. The molecule has 3 atom stereocenters. The summed E-state index contributed by atoms with van der Waals surface area (Å²) in [5.74, 6) is -0.571. The van der Waals surface area contributed by atoms with Crippen LogP contribution in [-0.4, -0.2) is 76.1 Å².